The highest BCUT2D eigenvalue weighted by Gasteiger charge is 2.49. The average Bonchev–Trinajstić information content (AvgIpc) is 2.64. The molecule has 0 spiro atoms. The maximum absolute atomic E-state index is 11.1. The minimum Gasteiger partial charge on any atom is -0.391 e. The van der Waals surface area contributed by atoms with E-state index in [0.29, 0.717) is 6.54 Å². The molecule has 0 bridgehead atoms. The van der Waals surface area contributed by atoms with Crippen LogP contribution >= 0.6 is 0 Å². The zero-order valence-corrected chi connectivity index (χ0v) is 10.3. The highest BCUT2D eigenvalue weighted by Crippen LogP contribution is 2.30. The van der Waals surface area contributed by atoms with Crippen molar-refractivity contribution in [3.63, 3.8) is 0 Å². The van der Waals surface area contributed by atoms with Gasteiger partial charge in [0.25, 0.3) is 10.1 Å². The van der Waals surface area contributed by atoms with Gasteiger partial charge in [0.15, 0.2) is 0 Å². The molecule has 0 amide bonds. The van der Waals surface area contributed by atoms with Gasteiger partial charge in [-0.3, -0.25) is 9.08 Å². The molecule has 2 rings (SSSR count). The van der Waals surface area contributed by atoms with E-state index in [1.165, 1.54) is 0 Å². The van der Waals surface area contributed by atoms with Crippen molar-refractivity contribution >= 4 is 10.1 Å². The van der Waals surface area contributed by atoms with Crippen molar-refractivity contribution in [3.8, 4) is 0 Å². The van der Waals surface area contributed by atoms with Crippen molar-refractivity contribution < 1.29 is 17.7 Å². The summed E-state index contributed by atoms with van der Waals surface area (Å²) in [6, 6.07) is -0.163. The van der Waals surface area contributed by atoms with Crippen molar-refractivity contribution in [1.29, 1.82) is 0 Å². The Bertz CT molecular complexity index is 359. The predicted octanol–water partition coefficient (Wildman–Crippen LogP) is -1.63. The van der Waals surface area contributed by atoms with Crippen LogP contribution in [0, 0.1) is 0 Å². The zero-order chi connectivity index (χ0) is 11.9. The van der Waals surface area contributed by atoms with Gasteiger partial charge in [-0.15, -0.1) is 0 Å². The second kappa shape index (κ2) is 4.23. The largest absolute Gasteiger partial charge is 0.391 e. The average molecular weight is 250 g/mol. The summed E-state index contributed by atoms with van der Waals surface area (Å²) in [5, 5.41) is 12.9. The van der Waals surface area contributed by atoms with Crippen LogP contribution in [-0.2, 0) is 14.3 Å². The summed E-state index contributed by atoms with van der Waals surface area (Å²) < 4.78 is 27.3. The number of hydrogen-bond donors (Lipinski definition) is 2. The van der Waals surface area contributed by atoms with Gasteiger partial charge in [-0.05, 0) is 13.5 Å². The number of rotatable bonds is 3. The molecule has 0 aromatic heterocycles. The number of fused-ring (bicyclic) bond motifs is 1. The Morgan fingerprint density at radius 1 is 1.50 bits per heavy atom. The molecule has 6 nitrogen and oxygen atoms in total. The lowest BCUT2D eigenvalue weighted by Crippen LogP contribution is -2.48. The molecule has 2 N–H and O–H groups in total. The van der Waals surface area contributed by atoms with Crippen LogP contribution in [0.5, 0.6) is 0 Å². The van der Waals surface area contributed by atoms with E-state index < -0.39 is 22.3 Å². The first-order chi connectivity index (χ1) is 7.42. The fourth-order valence-electron chi connectivity index (χ4n) is 2.78. The zero-order valence-electron chi connectivity index (χ0n) is 9.46. The Hall–Kier alpha value is -0.210. The molecule has 0 saturated carbocycles. The van der Waals surface area contributed by atoms with Crippen molar-refractivity contribution in [3.05, 3.63) is 0 Å². The van der Waals surface area contributed by atoms with Crippen LogP contribution < -0.4 is 5.32 Å². The maximum atomic E-state index is 11.1. The number of aliphatic hydroxyl groups is 1. The number of nitrogens with zero attached hydrogens (tertiary/aromatic N) is 1. The molecule has 4 atom stereocenters. The van der Waals surface area contributed by atoms with E-state index in [1.807, 2.05) is 0 Å². The van der Waals surface area contributed by atoms with Gasteiger partial charge in [0.1, 0.15) is 6.10 Å². The quantitative estimate of drug-likeness (QED) is 0.585. The fourth-order valence-corrected chi connectivity index (χ4v) is 3.41. The molecule has 16 heavy (non-hydrogen) atoms. The predicted molar refractivity (Wildman–Crippen MR) is 58.5 cm³/mol. The van der Waals surface area contributed by atoms with E-state index in [1.54, 1.807) is 7.05 Å². The van der Waals surface area contributed by atoms with Gasteiger partial charge in [-0.1, -0.05) is 0 Å². The van der Waals surface area contributed by atoms with Gasteiger partial charge in [0.2, 0.25) is 0 Å². The summed E-state index contributed by atoms with van der Waals surface area (Å²) in [7, 11) is -1.69. The summed E-state index contributed by atoms with van der Waals surface area (Å²) in [4.78, 5) is 2.08. The topological polar surface area (TPSA) is 78.9 Å². The van der Waals surface area contributed by atoms with Crippen molar-refractivity contribution in [2.45, 2.75) is 30.7 Å². The molecule has 2 heterocycles. The van der Waals surface area contributed by atoms with E-state index in [9.17, 15) is 13.5 Å². The summed E-state index contributed by atoms with van der Waals surface area (Å²) in [6.45, 7) is 1.36. The smallest absolute Gasteiger partial charge is 0.264 e. The fraction of sp³-hybridized carbons (Fsp3) is 1.00. The van der Waals surface area contributed by atoms with Crippen molar-refractivity contribution in [1.82, 2.24) is 10.2 Å². The standard InChI is InChI=1S/C9H18N2O4S/c1-10-8-7(15-16(2,13)14)5-11-4-3-6(12)9(8)11/h6-10,12H,3-5H2,1-2H3/t6-,7-,8-,9+/m0/s1. The highest BCUT2D eigenvalue weighted by molar-refractivity contribution is 7.86. The normalized spacial score (nSPS) is 40.2. The SMILES string of the molecule is CN[C@@H]1[C@H]2[C@@H](O)CCN2C[C@@H]1OS(C)(=O)=O. The van der Waals surface area contributed by atoms with Crippen LogP contribution in [0.3, 0.4) is 0 Å². The molecule has 0 radical (unpaired) electrons. The summed E-state index contributed by atoms with van der Waals surface area (Å²) >= 11 is 0. The molecule has 0 aromatic rings. The molecule has 2 saturated heterocycles. The monoisotopic (exact) mass is 250 g/mol. The molecule has 2 aliphatic heterocycles. The maximum Gasteiger partial charge on any atom is 0.264 e. The van der Waals surface area contributed by atoms with Gasteiger partial charge >= 0.3 is 0 Å². The molecule has 0 aliphatic carbocycles. The Morgan fingerprint density at radius 3 is 2.75 bits per heavy atom. The van der Waals surface area contributed by atoms with E-state index in [4.69, 9.17) is 4.18 Å². The number of likely N-dealkylation sites (N-methyl/N-ethyl adjacent to an activating group) is 1. The minimum absolute atomic E-state index is 0.0308. The van der Waals surface area contributed by atoms with E-state index in [-0.39, 0.29) is 12.1 Å². The lowest BCUT2D eigenvalue weighted by molar-refractivity contribution is 0.113. The van der Waals surface area contributed by atoms with Crippen molar-refractivity contribution in [2.24, 2.45) is 0 Å². The first-order valence-corrected chi connectivity index (χ1v) is 7.21. The Kier molecular flexibility index (Phi) is 3.24. The third-order valence-electron chi connectivity index (χ3n) is 3.34. The molecular weight excluding hydrogens is 232 g/mol. The van der Waals surface area contributed by atoms with Gasteiger partial charge in [0.05, 0.1) is 24.4 Å². The lowest BCUT2D eigenvalue weighted by atomic mass is 10.0. The minimum atomic E-state index is -3.45. The van der Waals surface area contributed by atoms with Gasteiger partial charge in [-0.2, -0.15) is 8.42 Å². The van der Waals surface area contributed by atoms with Gasteiger partial charge < -0.3 is 10.4 Å². The third-order valence-corrected chi connectivity index (χ3v) is 3.94. The Labute approximate surface area is 95.7 Å². The van der Waals surface area contributed by atoms with Crippen LogP contribution in [0.25, 0.3) is 0 Å². The molecular formula is C9H18N2O4S. The Balaban J connectivity index is 2.12. The number of nitrogens with one attached hydrogen (secondary N) is 1. The van der Waals surface area contributed by atoms with E-state index in [2.05, 4.69) is 10.2 Å². The molecule has 94 valence electrons. The highest BCUT2D eigenvalue weighted by atomic mass is 32.2. The molecule has 0 unspecified atom stereocenters. The first kappa shape index (κ1) is 12.3. The Morgan fingerprint density at radius 2 is 2.19 bits per heavy atom. The summed E-state index contributed by atoms with van der Waals surface area (Å²) in [5.74, 6) is 0. The van der Waals surface area contributed by atoms with Crippen LogP contribution in [-0.4, -0.2) is 69.1 Å². The second-order valence-corrected chi connectivity index (χ2v) is 6.10. The molecule has 2 aliphatic rings. The summed E-state index contributed by atoms with van der Waals surface area (Å²) in [5.41, 5.74) is 0. The van der Waals surface area contributed by atoms with Crippen LogP contribution in [0.4, 0.5) is 0 Å². The number of hydrogen-bond acceptors (Lipinski definition) is 6. The van der Waals surface area contributed by atoms with Crippen molar-refractivity contribution in [2.75, 3.05) is 26.4 Å². The summed E-state index contributed by atoms with van der Waals surface area (Å²) in [6.07, 6.45) is 0.999. The van der Waals surface area contributed by atoms with Gasteiger partial charge in [0, 0.05) is 13.1 Å². The number of aliphatic hydroxyl groups excluding tert-OH is 1. The van der Waals surface area contributed by atoms with Crippen LogP contribution in [0.1, 0.15) is 6.42 Å². The second-order valence-electron chi connectivity index (χ2n) is 4.49. The van der Waals surface area contributed by atoms with Gasteiger partial charge in [-0.25, -0.2) is 0 Å². The molecule has 2 fully saturated rings. The van der Waals surface area contributed by atoms with Crippen LogP contribution in [0.15, 0.2) is 0 Å². The van der Waals surface area contributed by atoms with Crippen LogP contribution in [0.2, 0.25) is 0 Å². The molecule has 0 aromatic carbocycles. The molecule has 7 heteroatoms. The van der Waals surface area contributed by atoms with E-state index in [0.717, 1.165) is 19.2 Å². The first-order valence-electron chi connectivity index (χ1n) is 5.40. The third kappa shape index (κ3) is 2.23. The van der Waals surface area contributed by atoms with E-state index >= 15 is 0 Å². The lowest BCUT2D eigenvalue weighted by Gasteiger charge is -2.24.